The van der Waals surface area contributed by atoms with E-state index in [9.17, 15) is 20.2 Å². The lowest BCUT2D eigenvalue weighted by Gasteiger charge is -2.16. The van der Waals surface area contributed by atoms with E-state index in [1.807, 2.05) is 49.4 Å². The SMILES string of the molecule is CC(Nc1cc([N+](=O)[O-])cc([N+](=O)[O-])c1)c1ccc2ccccc2c1. The normalized spacial score (nSPS) is 11.9. The number of non-ortho nitro benzene ring substituents is 2. The lowest BCUT2D eigenvalue weighted by atomic mass is 10.0. The molecule has 3 rings (SSSR count). The molecule has 1 N–H and O–H groups in total. The molecule has 0 heterocycles. The van der Waals surface area contributed by atoms with Gasteiger partial charge in [0.05, 0.1) is 15.9 Å². The van der Waals surface area contributed by atoms with Gasteiger partial charge in [-0.1, -0.05) is 36.4 Å². The maximum absolute atomic E-state index is 11.0. The molecule has 0 fully saturated rings. The Labute approximate surface area is 143 Å². The fourth-order valence-electron chi connectivity index (χ4n) is 2.70. The van der Waals surface area contributed by atoms with Crippen molar-refractivity contribution in [2.75, 3.05) is 5.32 Å². The predicted molar refractivity (Wildman–Crippen MR) is 95.7 cm³/mol. The molecule has 0 amide bonds. The molecule has 0 aromatic heterocycles. The summed E-state index contributed by atoms with van der Waals surface area (Å²) in [6, 6.07) is 17.3. The predicted octanol–water partition coefficient (Wildman–Crippen LogP) is 4.83. The first-order valence-electron chi connectivity index (χ1n) is 7.63. The van der Waals surface area contributed by atoms with Crippen molar-refractivity contribution < 1.29 is 9.85 Å². The maximum atomic E-state index is 11.0. The summed E-state index contributed by atoms with van der Waals surface area (Å²) in [7, 11) is 0. The molecule has 3 aromatic rings. The number of nitrogens with zero attached hydrogens (tertiary/aromatic N) is 2. The van der Waals surface area contributed by atoms with E-state index in [0.717, 1.165) is 22.4 Å². The maximum Gasteiger partial charge on any atom is 0.278 e. The molecule has 25 heavy (non-hydrogen) atoms. The number of nitro benzene ring substituents is 2. The van der Waals surface area contributed by atoms with Crippen LogP contribution in [0.25, 0.3) is 10.8 Å². The first kappa shape index (κ1) is 16.4. The molecule has 0 radical (unpaired) electrons. The molecular formula is C18H15N3O4. The Balaban J connectivity index is 1.92. The monoisotopic (exact) mass is 337 g/mol. The Kier molecular flexibility index (Phi) is 4.30. The Morgan fingerprint density at radius 1 is 0.840 bits per heavy atom. The average Bonchev–Trinajstić information content (AvgIpc) is 2.60. The van der Waals surface area contributed by atoms with E-state index < -0.39 is 9.85 Å². The van der Waals surface area contributed by atoms with Gasteiger partial charge in [-0.05, 0) is 29.3 Å². The van der Waals surface area contributed by atoms with E-state index >= 15 is 0 Å². The van der Waals surface area contributed by atoms with Gasteiger partial charge in [-0.2, -0.15) is 0 Å². The van der Waals surface area contributed by atoms with E-state index in [2.05, 4.69) is 5.32 Å². The summed E-state index contributed by atoms with van der Waals surface area (Å²) in [4.78, 5) is 20.7. The zero-order valence-corrected chi connectivity index (χ0v) is 13.4. The fraction of sp³-hybridized carbons (Fsp3) is 0.111. The highest BCUT2D eigenvalue weighted by Crippen LogP contribution is 2.29. The zero-order chi connectivity index (χ0) is 18.0. The summed E-state index contributed by atoms with van der Waals surface area (Å²) in [5.74, 6) is 0. The summed E-state index contributed by atoms with van der Waals surface area (Å²) in [5, 5.41) is 27.3. The lowest BCUT2D eigenvalue weighted by molar-refractivity contribution is -0.394. The van der Waals surface area contributed by atoms with Gasteiger partial charge in [0.25, 0.3) is 11.4 Å². The third kappa shape index (κ3) is 3.55. The molecule has 1 atom stereocenters. The van der Waals surface area contributed by atoms with Crippen LogP contribution in [0.3, 0.4) is 0 Å². The molecule has 0 saturated heterocycles. The van der Waals surface area contributed by atoms with Crippen LogP contribution in [-0.4, -0.2) is 9.85 Å². The van der Waals surface area contributed by atoms with Crippen molar-refractivity contribution in [1.29, 1.82) is 0 Å². The minimum atomic E-state index is -0.640. The number of fused-ring (bicyclic) bond motifs is 1. The van der Waals surface area contributed by atoms with Gasteiger partial charge in [0.15, 0.2) is 0 Å². The number of nitro groups is 2. The topological polar surface area (TPSA) is 98.3 Å². The van der Waals surface area contributed by atoms with Gasteiger partial charge >= 0.3 is 0 Å². The van der Waals surface area contributed by atoms with E-state index in [1.165, 1.54) is 12.1 Å². The van der Waals surface area contributed by atoms with Gasteiger partial charge in [-0.15, -0.1) is 0 Å². The van der Waals surface area contributed by atoms with Gasteiger partial charge in [0.1, 0.15) is 0 Å². The highest BCUT2D eigenvalue weighted by atomic mass is 16.6. The minimum absolute atomic E-state index is 0.175. The molecule has 0 saturated carbocycles. The van der Waals surface area contributed by atoms with Crippen molar-refractivity contribution in [2.45, 2.75) is 13.0 Å². The summed E-state index contributed by atoms with van der Waals surface area (Å²) >= 11 is 0. The number of hydrogen-bond donors (Lipinski definition) is 1. The van der Waals surface area contributed by atoms with Crippen LogP contribution in [0.2, 0.25) is 0 Å². The second-order valence-electron chi connectivity index (χ2n) is 5.72. The van der Waals surface area contributed by atoms with Crippen LogP contribution in [0.15, 0.2) is 60.7 Å². The first-order valence-corrected chi connectivity index (χ1v) is 7.63. The van der Waals surface area contributed by atoms with Crippen molar-refractivity contribution in [3.05, 3.63) is 86.5 Å². The lowest BCUT2D eigenvalue weighted by Crippen LogP contribution is -2.07. The van der Waals surface area contributed by atoms with E-state index in [-0.39, 0.29) is 17.4 Å². The second-order valence-corrected chi connectivity index (χ2v) is 5.72. The molecule has 0 aliphatic carbocycles. The number of anilines is 1. The van der Waals surface area contributed by atoms with E-state index in [0.29, 0.717) is 5.69 Å². The minimum Gasteiger partial charge on any atom is -0.378 e. The van der Waals surface area contributed by atoms with Crippen LogP contribution < -0.4 is 5.32 Å². The first-order chi connectivity index (χ1) is 11.9. The summed E-state index contributed by atoms with van der Waals surface area (Å²) in [6.07, 6.45) is 0. The van der Waals surface area contributed by atoms with Crippen LogP contribution in [0.5, 0.6) is 0 Å². The Morgan fingerprint density at radius 3 is 2.04 bits per heavy atom. The second kappa shape index (κ2) is 6.56. The van der Waals surface area contributed by atoms with Crippen molar-refractivity contribution in [3.63, 3.8) is 0 Å². The standard InChI is InChI=1S/C18H15N3O4/c1-12(14-7-6-13-4-2-3-5-15(13)8-14)19-16-9-17(20(22)23)11-18(10-16)21(24)25/h2-12,19H,1H3. The van der Waals surface area contributed by atoms with Gasteiger partial charge in [0, 0.05) is 23.9 Å². The molecule has 3 aromatic carbocycles. The molecule has 0 aliphatic rings. The third-order valence-electron chi connectivity index (χ3n) is 3.98. The third-order valence-corrected chi connectivity index (χ3v) is 3.98. The number of rotatable bonds is 5. The van der Waals surface area contributed by atoms with Gasteiger partial charge in [-0.3, -0.25) is 20.2 Å². The summed E-state index contributed by atoms with van der Waals surface area (Å²) in [6.45, 7) is 1.90. The van der Waals surface area contributed by atoms with Gasteiger partial charge in [-0.25, -0.2) is 0 Å². The average molecular weight is 337 g/mol. The quantitative estimate of drug-likeness (QED) is 0.531. The van der Waals surface area contributed by atoms with Crippen LogP contribution >= 0.6 is 0 Å². The van der Waals surface area contributed by atoms with Gasteiger partial charge in [0.2, 0.25) is 0 Å². The Bertz CT molecular complexity index is 939. The molecular weight excluding hydrogens is 322 g/mol. The molecule has 0 spiro atoms. The number of hydrogen-bond acceptors (Lipinski definition) is 5. The molecule has 0 aliphatic heterocycles. The van der Waals surface area contributed by atoms with Crippen molar-refractivity contribution in [2.24, 2.45) is 0 Å². The van der Waals surface area contributed by atoms with Crippen LogP contribution in [0, 0.1) is 20.2 Å². The molecule has 126 valence electrons. The van der Waals surface area contributed by atoms with Crippen LogP contribution in [0.1, 0.15) is 18.5 Å². The smallest absolute Gasteiger partial charge is 0.278 e. The molecule has 7 heteroatoms. The molecule has 1 unspecified atom stereocenters. The Morgan fingerprint density at radius 2 is 1.44 bits per heavy atom. The summed E-state index contributed by atoms with van der Waals surface area (Å²) in [5.41, 5.74) is 0.680. The highest BCUT2D eigenvalue weighted by Gasteiger charge is 2.17. The van der Waals surface area contributed by atoms with Gasteiger partial charge < -0.3 is 5.32 Å². The van der Waals surface area contributed by atoms with Crippen molar-refractivity contribution in [3.8, 4) is 0 Å². The number of nitrogens with one attached hydrogen (secondary N) is 1. The highest BCUT2D eigenvalue weighted by molar-refractivity contribution is 5.83. The van der Waals surface area contributed by atoms with Crippen molar-refractivity contribution in [1.82, 2.24) is 0 Å². The van der Waals surface area contributed by atoms with E-state index in [1.54, 1.807) is 0 Å². The number of benzene rings is 3. The van der Waals surface area contributed by atoms with E-state index in [4.69, 9.17) is 0 Å². The fourth-order valence-corrected chi connectivity index (χ4v) is 2.70. The Hall–Kier alpha value is -3.48. The summed E-state index contributed by atoms with van der Waals surface area (Å²) < 4.78 is 0. The largest absolute Gasteiger partial charge is 0.378 e. The zero-order valence-electron chi connectivity index (χ0n) is 13.4. The molecule has 0 bridgehead atoms. The van der Waals surface area contributed by atoms with Crippen molar-refractivity contribution >= 4 is 27.8 Å². The van der Waals surface area contributed by atoms with Crippen LogP contribution in [-0.2, 0) is 0 Å². The molecule has 7 nitrogen and oxygen atoms in total. The van der Waals surface area contributed by atoms with Crippen LogP contribution in [0.4, 0.5) is 17.1 Å².